The van der Waals surface area contributed by atoms with Gasteiger partial charge < -0.3 is 18.9 Å². The van der Waals surface area contributed by atoms with E-state index in [1.165, 1.54) is 5.56 Å². The number of benzene rings is 3. The first-order chi connectivity index (χ1) is 19.2. The zero-order valence-electron chi connectivity index (χ0n) is 22.7. The molecule has 0 radical (unpaired) electrons. The lowest BCUT2D eigenvalue weighted by Gasteiger charge is -2.30. The summed E-state index contributed by atoms with van der Waals surface area (Å²) in [6.07, 6.45) is 5.46. The normalized spacial score (nSPS) is 14.3. The molecule has 6 heteroatoms. The molecule has 2 heterocycles. The highest BCUT2D eigenvalue weighted by Crippen LogP contribution is 2.35. The van der Waals surface area contributed by atoms with Crippen LogP contribution in [0.15, 0.2) is 89.9 Å². The monoisotopic (exact) mass is 521 g/mol. The van der Waals surface area contributed by atoms with Crippen LogP contribution in [0, 0.1) is 0 Å². The molecule has 0 bridgehead atoms. The number of hydrogen-bond donors (Lipinski definition) is 0. The van der Waals surface area contributed by atoms with Crippen molar-refractivity contribution in [3.63, 3.8) is 0 Å². The van der Waals surface area contributed by atoms with E-state index in [1.54, 1.807) is 25.3 Å². The summed E-state index contributed by atoms with van der Waals surface area (Å²) in [6, 6.07) is 26.0. The van der Waals surface area contributed by atoms with Gasteiger partial charge in [0.1, 0.15) is 17.4 Å². The molecule has 0 atom stereocenters. The topological polar surface area (TPSA) is 56.1 Å². The molecular weight excluding hydrogens is 486 g/mol. The Labute approximate surface area is 230 Å². The number of aromatic nitrogens is 1. The van der Waals surface area contributed by atoms with E-state index < -0.39 is 0 Å². The maximum Gasteiger partial charge on any atom is 0.185 e. The average molecular weight is 522 g/mol. The van der Waals surface area contributed by atoms with Crippen LogP contribution < -0.4 is 4.74 Å². The van der Waals surface area contributed by atoms with Gasteiger partial charge in [-0.25, -0.2) is 4.99 Å². The predicted molar refractivity (Wildman–Crippen MR) is 158 cm³/mol. The van der Waals surface area contributed by atoms with Crippen LogP contribution in [0.25, 0.3) is 17.0 Å². The van der Waals surface area contributed by atoms with Gasteiger partial charge in [-0.15, -0.1) is 0 Å². The maximum atomic E-state index is 13.1. The molecule has 0 aliphatic carbocycles. The number of carbonyl (C=O) groups is 1. The summed E-state index contributed by atoms with van der Waals surface area (Å²) in [5, 5.41) is 1.07. The number of morpholine rings is 1. The van der Waals surface area contributed by atoms with Gasteiger partial charge in [0, 0.05) is 42.6 Å². The predicted octanol–water partition coefficient (Wildman–Crippen LogP) is 6.76. The molecule has 1 aliphatic rings. The molecule has 0 amide bonds. The van der Waals surface area contributed by atoms with Crippen molar-refractivity contribution in [3.05, 3.63) is 102 Å². The Morgan fingerprint density at radius 3 is 2.41 bits per heavy atom. The van der Waals surface area contributed by atoms with E-state index in [4.69, 9.17) is 14.5 Å². The second-order valence-corrected chi connectivity index (χ2v) is 9.63. The minimum Gasteiger partial charge on any atom is -0.497 e. The van der Waals surface area contributed by atoms with Gasteiger partial charge in [0.25, 0.3) is 0 Å². The zero-order valence-corrected chi connectivity index (χ0v) is 22.7. The number of allylic oxidation sites excluding steroid dienone is 1. The summed E-state index contributed by atoms with van der Waals surface area (Å²) in [5.74, 6) is 2.60. The van der Waals surface area contributed by atoms with Crippen LogP contribution in [0.5, 0.6) is 5.75 Å². The lowest BCUT2D eigenvalue weighted by atomic mass is 10.1. The molecule has 3 aromatic carbocycles. The van der Waals surface area contributed by atoms with Gasteiger partial charge in [-0.1, -0.05) is 55.5 Å². The molecule has 6 nitrogen and oxygen atoms in total. The number of fused-ring (bicyclic) bond motifs is 1. The molecule has 39 heavy (non-hydrogen) atoms. The molecule has 4 aromatic rings. The molecule has 0 spiro atoms. The van der Waals surface area contributed by atoms with Crippen molar-refractivity contribution in [1.29, 1.82) is 0 Å². The average Bonchev–Trinajstić information content (AvgIpc) is 3.28. The van der Waals surface area contributed by atoms with Crippen molar-refractivity contribution < 1.29 is 14.3 Å². The molecule has 0 saturated carbocycles. The molecule has 5 rings (SSSR count). The summed E-state index contributed by atoms with van der Waals surface area (Å²) >= 11 is 0. The third-order valence-corrected chi connectivity index (χ3v) is 7.03. The Bertz CT molecular complexity index is 1460. The van der Waals surface area contributed by atoms with Crippen molar-refractivity contribution in [3.8, 4) is 5.75 Å². The van der Waals surface area contributed by atoms with Crippen LogP contribution in [-0.2, 0) is 11.3 Å². The fraction of sp³-hybridized carbons (Fsp3) is 0.273. The summed E-state index contributed by atoms with van der Waals surface area (Å²) in [4.78, 5) is 20.8. The third kappa shape index (κ3) is 6.13. The lowest BCUT2D eigenvalue weighted by molar-refractivity contribution is 0.0672. The fourth-order valence-electron chi connectivity index (χ4n) is 4.99. The highest BCUT2D eigenvalue weighted by molar-refractivity contribution is 6.09. The molecule has 0 N–H and O–H groups in total. The number of aliphatic imine (C=N–C) groups is 1. The van der Waals surface area contributed by atoms with E-state index in [1.807, 2.05) is 30.3 Å². The Balaban J connectivity index is 1.63. The lowest BCUT2D eigenvalue weighted by Crippen LogP contribution is -2.40. The van der Waals surface area contributed by atoms with Gasteiger partial charge in [0.2, 0.25) is 0 Å². The van der Waals surface area contributed by atoms with E-state index in [0.29, 0.717) is 25.3 Å². The number of nitrogens with zero attached hydrogens (tertiary/aromatic N) is 3. The van der Waals surface area contributed by atoms with Crippen molar-refractivity contribution in [1.82, 2.24) is 9.47 Å². The first-order valence-corrected chi connectivity index (χ1v) is 13.6. The molecule has 200 valence electrons. The van der Waals surface area contributed by atoms with Gasteiger partial charge in [-0.3, -0.25) is 4.79 Å². The van der Waals surface area contributed by atoms with Crippen LogP contribution in [-0.4, -0.2) is 54.5 Å². The largest absolute Gasteiger partial charge is 0.497 e. The Hall–Kier alpha value is -4.16. The highest BCUT2D eigenvalue weighted by Gasteiger charge is 2.20. The molecule has 1 saturated heterocycles. The van der Waals surface area contributed by atoms with E-state index in [0.717, 1.165) is 59.8 Å². The second kappa shape index (κ2) is 12.6. The van der Waals surface area contributed by atoms with Gasteiger partial charge >= 0.3 is 0 Å². The van der Waals surface area contributed by atoms with E-state index >= 15 is 0 Å². The smallest absolute Gasteiger partial charge is 0.185 e. The summed E-state index contributed by atoms with van der Waals surface area (Å²) < 4.78 is 13.1. The zero-order chi connectivity index (χ0) is 27.0. The number of para-hydroxylation sites is 1. The fourth-order valence-corrected chi connectivity index (χ4v) is 4.99. The summed E-state index contributed by atoms with van der Waals surface area (Å²) in [5.41, 5.74) is 3.85. The Kier molecular flexibility index (Phi) is 8.54. The van der Waals surface area contributed by atoms with Gasteiger partial charge in [0.05, 0.1) is 25.8 Å². The summed E-state index contributed by atoms with van der Waals surface area (Å²) in [6.45, 7) is 5.95. The number of carbonyl (C=O) groups excluding carboxylic acids is 1. The number of ketones is 1. The van der Waals surface area contributed by atoms with Crippen molar-refractivity contribution in [2.75, 3.05) is 33.4 Å². The van der Waals surface area contributed by atoms with Gasteiger partial charge in [-0.2, -0.15) is 0 Å². The maximum absolute atomic E-state index is 13.1. The van der Waals surface area contributed by atoms with Crippen molar-refractivity contribution >= 4 is 34.4 Å². The van der Waals surface area contributed by atoms with Crippen LogP contribution in [0.3, 0.4) is 0 Å². The van der Waals surface area contributed by atoms with Gasteiger partial charge in [-0.05, 0) is 54.5 Å². The molecule has 1 aromatic heterocycles. The minimum absolute atomic E-state index is 0.0607. The van der Waals surface area contributed by atoms with E-state index in [-0.39, 0.29) is 5.78 Å². The number of rotatable bonds is 9. The molecule has 0 unspecified atom stereocenters. The van der Waals surface area contributed by atoms with Gasteiger partial charge in [0.15, 0.2) is 5.78 Å². The molecule has 1 fully saturated rings. The van der Waals surface area contributed by atoms with Crippen LogP contribution in [0.1, 0.15) is 41.3 Å². The minimum atomic E-state index is -0.0607. The van der Waals surface area contributed by atoms with Crippen LogP contribution in [0.4, 0.5) is 5.82 Å². The second-order valence-electron chi connectivity index (χ2n) is 9.63. The van der Waals surface area contributed by atoms with Crippen molar-refractivity contribution in [2.45, 2.75) is 26.3 Å². The highest BCUT2D eigenvalue weighted by atomic mass is 16.5. The first kappa shape index (κ1) is 26.4. The number of methoxy groups -OCH3 is 1. The summed E-state index contributed by atoms with van der Waals surface area (Å²) in [7, 11) is 1.62. The third-order valence-electron chi connectivity index (χ3n) is 7.03. The van der Waals surface area contributed by atoms with E-state index in [9.17, 15) is 4.79 Å². The standard InChI is InChI=1S/C33H35N3O3/c1-3-9-32(35-20-22-39-23-21-35)34-33-29(18-19-31(37)26-14-16-27(38-2)17-15-26)28-12-7-8-13-30(28)36(33)24-25-10-5-4-6-11-25/h4-8,10-19H,3,9,20-24H2,1-2H3/b19-18+,34-32+. The Morgan fingerprint density at radius 1 is 0.974 bits per heavy atom. The first-order valence-electron chi connectivity index (χ1n) is 13.6. The Morgan fingerprint density at radius 2 is 1.69 bits per heavy atom. The molecule has 1 aliphatic heterocycles. The quantitative estimate of drug-likeness (QED) is 0.106. The number of hydrogen-bond acceptors (Lipinski definition) is 4. The van der Waals surface area contributed by atoms with Crippen molar-refractivity contribution in [2.24, 2.45) is 4.99 Å². The van der Waals surface area contributed by atoms with E-state index in [2.05, 4.69) is 58.9 Å². The number of amidine groups is 1. The molecular formula is C33H35N3O3. The number of ether oxygens (including phenoxy) is 2. The van der Waals surface area contributed by atoms with Crippen LogP contribution in [0.2, 0.25) is 0 Å². The SMILES string of the molecule is CCC/C(=N\c1c(/C=C/C(=O)c2ccc(OC)cc2)c2ccccc2n1Cc1ccccc1)N1CCOCC1. The van der Waals surface area contributed by atoms with Crippen LogP contribution >= 0.6 is 0 Å².